The van der Waals surface area contributed by atoms with Crippen LogP contribution in [-0.4, -0.2) is 41.5 Å². The molecule has 24 heavy (non-hydrogen) atoms. The predicted octanol–water partition coefficient (Wildman–Crippen LogP) is 3.77. The molecule has 1 N–H and O–H groups in total. The van der Waals surface area contributed by atoms with E-state index >= 15 is 0 Å². The third-order valence-corrected chi connectivity index (χ3v) is 6.99. The van der Waals surface area contributed by atoms with Crippen molar-refractivity contribution in [3.8, 4) is 0 Å². The van der Waals surface area contributed by atoms with E-state index in [4.69, 9.17) is 11.6 Å². The fourth-order valence-electron chi connectivity index (χ4n) is 3.46. The molecule has 2 bridgehead atoms. The van der Waals surface area contributed by atoms with Gasteiger partial charge in [-0.2, -0.15) is 0 Å². The van der Waals surface area contributed by atoms with Crippen LogP contribution in [0.1, 0.15) is 23.2 Å². The Bertz CT molecular complexity index is 726. The summed E-state index contributed by atoms with van der Waals surface area (Å²) in [6.07, 6.45) is 4.18. The summed E-state index contributed by atoms with van der Waals surface area (Å²) < 4.78 is 1.59. The number of aromatic nitrogens is 1. The Morgan fingerprint density at radius 1 is 1.29 bits per heavy atom. The van der Waals surface area contributed by atoms with Crippen molar-refractivity contribution in [3.05, 3.63) is 40.5 Å². The first-order valence-corrected chi connectivity index (χ1v) is 10.1. The maximum Gasteiger partial charge on any atom is 0.251 e. The second-order valence-electron chi connectivity index (χ2n) is 6.28. The van der Waals surface area contributed by atoms with Gasteiger partial charge in [0.2, 0.25) is 0 Å². The first kappa shape index (κ1) is 16.4. The molecule has 2 aromatic rings. The van der Waals surface area contributed by atoms with Gasteiger partial charge in [-0.3, -0.25) is 4.79 Å². The van der Waals surface area contributed by atoms with E-state index in [1.165, 1.54) is 37.3 Å². The minimum Gasteiger partial charge on any atom is -0.348 e. The monoisotopic (exact) mass is 379 g/mol. The summed E-state index contributed by atoms with van der Waals surface area (Å²) in [6.45, 7) is 3.37. The van der Waals surface area contributed by atoms with Crippen molar-refractivity contribution in [2.24, 2.45) is 5.92 Å². The zero-order valence-electron chi connectivity index (χ0n) is 13.1. The van der Waals surface area contributed by atoms with Crippen LogP contribution in [0.3, 0.4) is 0 Å². The standard InChI is InChI=1S/C17H18ClN3OS2/c18-17-19-9-15(24-17)23-13-3-1-12(2-4-13)16(22)20-14-10-21-7-5-11(14)6-8-21/h1-4,9,11,14H,5-8,10H2,(H,20,22)/t14-/m0/s1. The van der Waals surface area contributed by atoms with E-state index in [0.29, 0.717) is 16.4 Å². The Kier molecular flexibility index (Phi) is 4.81. The number of halogens is 1. The van der Waals surface area contributed by atoms with E-state index in [2.05, 4.69) is 15.2 Å². The summed E-state index contributed by atoms with van der Waals surface area (Å²) in [5.74, 6) is 0.677. The predicted molar refractivity (Wildman–Crippen MR) is 98.1 cm³/mol. The van der Waals surface area contributed by atoms with Crippen molar-refractivity contribution < 1.29 is 4.79 Å². The highest BCUT2D eigenvalue weighted by atomic mass is 35.5. The Morgan fingerprint density at radius 3 is 2.62 bits per heavy atom. The Hall–Kier alpha value is -1.08. The summed E-state index contributed by atoms with van der Waals surface area (Å²) in [5.41, 5.74) is 0.720. The summed E-state index contributed by atoms with van der Waals surface area (Å²) >= 11 is 8.91. The summed E-state index contributed by atoms with van der Waals surface area (Å²) in [6, 6.07) is 8.03. The molecule has 1 aromatic heterocycles. The van der Waals surface area contributed by atoms with E-state index in [-0.39, 0.29) is 5.91 Å². The van der Waals surface area contributed by atoms with Gasteiger partial charge in [0.1, 0.15) is 0 Å². The second-order valence-corrected chi connectivity index (χ2v) is 9.26. The fraction of sp³-hybridized carbons (Fsp3) is 0.412. The Morgan fingerprint density at radius 2 is 2.04 bits per heavy atom. The number of nitrogens with zero attached hydrogens (tertiary/aromatic N) is 2. The molecule has 4 heterocycles. The highest BCUT2D eigenvalue weighted by Crippen LogP contribution is 2.33. The normalized spacial score (nSPS) is 25.6. The number of hydrogen-bond acceptors (Lipinski definition) is 5. The van der Waals surface area contributed by atoms with E-state index in [9.17, 15) is 4.79 Å². The highest BCUT2D eigenvalue weighted by molar-refractivity contribution is 8.01. The molecule has 126 valence electrons. The number of thiazole rings is 1. The molecular weight excluding hydrogens is 362 g/mol. The van der Waals surface area contributed by atoms with Crippen LogP contribution in [0, 0.1) is 5.92 Å². The average Bonchev–Trinajstić information content (AvgIpc) is 3.01. The topological polar surface area (TPSA) is 45.2 Å². The lowest BCUT2D eigenvalue weighted by molar-refractivity contribution is 0.0620. The number of fused-ring (bicyclic) bond motifs is 3. The van der Waals surface area contributed by atoms with Gasteiger partial charge in [-0.05, 0) is 56.1 Å². The maximum absolute atomic E-state index is 12.5. The number of rotatable bonds is 4. The molecule has 5 rings (SSSR count). The molecule has 0 spiro atoms. The van der Waals surface area contributed by atoms with Gasteiger partial charge in [-0.15, -0.1) is 0 Å². The zero-order valence-corrected chi connectivity index (χ0v) is 15.5. The van der Waals surface area contributed by atoms with Gasteiger partial charge < -0.3 is 10.2 Å². The van der Waals surface area contributed by atoms with Crippen molar-refractivity contribution in [1.82, 2.24) is 15.2 Å². The molecule has 1 aromatic carbocycles. The second kappa shape index (κ2) is 7.04. The van der Waals surface area contributed by atoms with Gasteiger partial charge >= 0.3 is 0 Å². The van der Waals surface area contributed by atoms with Crippen molar-refractivity contribution in [1.29, 1.82) is 0 Å². The average molecular weight is 380 g/mol. The first-order valence-electron chi connectivity index (χ1n) is 8.10. The van der Waals surface area contributed by atoms with Crippen molar-refractivity contribution in [2.45, 2.75) is 28.0 Å². The lowest BCUT2D eigenvalue weighted by Gasteiger charge is -2.44. The van der Waals surface area contributed by atoms with Gasteiger partial charge in [0.15, 0.2) is 4.47 Å². The Labute approximate surface area is 154 Å². The van der Waals surface area contributed by atoms with E-state index in [0.717, 1.165) is 21.2 Å². The van der Waals surface area contributed by atoms with Crippen LogP contribution in [0.5, 0.6) is 0 Å². The molecule has 0 radical (unpaired) electrons. The molecule has 3 fully saturated rings. The smallest absolute Gasteiger partial charge is 0.251 e. The molecule has 0 aliphatic carbocycles. The summed E-state index contributed by atoms with van der Waals surface area (Å²) in [7, 11) is 0. The maximum atomic E-state index is 12.5. The Balaban J connectivity index is 1.38. The van der Waals surface area contributed by atoms with Gasteiger partial charge in [0.25, 0.3) is 5.91 Å². The van der Waals surface area contributed by atoms with Crippen LogP contribution in [0.4, 0.5) is 0 Å². The van der Waals surface area contributed by atoms with Crippen molar-refractivity contribution in [3.63, 3.8) is 0 Å². The van der Waals surface area contributed by atoms with Crippen LogP contribution in [0.25, 0.3) is 0 Å². The number of nitrogens with one attached hydrogen (secondary N) is 1. The quantitative estimate of drug-likeness (QED) is 0.878. The van der Waals surface area contributed by atoms with Crippen LogP contribution >= 0.6 is 34.7 Å². The van der Waals surface area contributed by atoms with Gasteiger partial charge in [-0.25, -0.2) is 4.98 Å². The van der Waals surface area contributed by atoms with Crippen molar-refractivity contribution >= 4 is 40.6 Å². The van der Waals surface area contributed by atoms with Crippen LogP contribution in [0.15, 0.2) is 39.6 Å². The zero-order chi connectivity index (χ0) is 16.5. The molecule has 3 aliphatic heterocycles. The third kappa shape index (κ3) is 3.61. The summed E-state index contributed by atoms with van der Waals surface area (Å²) in [4.78, 5) is 20.1. The van der Waals surface area contributed by atoms with Crippen molar-refractivity contribution in [2.75, 3.05) is 19.6 Å². The number of carbonyl (C=O) groups is 1. The molecule has 7 heteroatoms. The van der Waals surface area contributed by atoms with Crippen LogP contribution < -0.4 is 5.32 Å². The summed E-state index contributed by atoms with van der Waals surface area (Å²) in [5, 5.41) is 3.23. The number of piperidine rings is 3. The number of benzene rings is 1. The SMILES string of the molecule is O=C(N[C@H]1CN2CCC1CC2)c1ccc(Sc2cnc(Cl)s2)cc1. The number of hydrogen-bond donors (Lipinski definition) is 1. The minimum atomic E-state index is 0.0335. The largest absolute Gasteiger partial charge is 0.348 e. The van der Waals surface area contributed by atoms with Gasteiger partial charge in [-0.1, -0.05) is 34.7 Å². The molecular formula is C17H18ClN3OS2. The van der Waals surface area contributed by atoms with E-state index in [1.54, 1.807) is 18.0 Å². The van der Waals surface area contributed by atoms with E-state index in [1.807, 2.05) is 24.3 Å². The van der Waals surface area contributed by atoms with E-state index < -0.39 is 0 Å². The first-order chi connectivity index (χ1) is 11.7. The van der Waals surface area contributed by atoms with Gasteiger partial charge in [0, 0.05) is 23.0 Å². The lowest BCUT2D eigenvalue weighted by atomic mass is 9.84. The third-order valence-electron chi connectivity index (χ3n) is 4.76. The molecule has 1 amide bonds. The molecule has 4 nitrogen and oxygen atoms in total. The molecule has 1 atom stereocenters. The lowest BCUT2D eigenvalue weighted by Crippen LogP contribution is -2.57. The molecule has 3 saturated heterocycles. The molecule has 3 aliphatic rings. The minimum absolute atomic E-state index is 0.0335. The van der Waals surface area contributed by atoms with Gasteiger partial charge in [0.05, 0.1) is 10.4 Å². The number of amides is 1. The van der Waals surface area contributed by atoms with Crippen LogP contribution in [0.2, 0.25) is 4.47 Å². The fourth-order valence-corrected chi connectivity index (χ4v) is 5.57. The molecule has 0 saturated carbocycles. The molecule has 0 unspecified atom stereocenters. The van der Waals surface area contributed by atoms with Crippen LogP contribution in [-0.2, 0) is 0 Å². The highest BCUT2D eigenvalue weighted by Gasteiger charge is 2.34. The number of carbonyl (C=O) groups excluding carboxylic acids is 1.